The molecule has 1 unspecified atom stereocenters. The molecule has 104 valence electrons. The van der Waals surface area contributed by atoms with E-state index < -0.39 is 0 Å². The monoisotopic (exact) mass is 243 g/mol. The van der Waals surface area contributed by atoms with Crippen LogP contribution in [0.4, 0.5) is 0 Å². The Labute approximate surface area is 108 Å². The summed E-state index contributed by atoms with van der Waals surface area (Å²) < 4.78 is 0. The number of hydrogen-bond acceptors (Lipinski definition) is 2. The highest BCUT2D eigenvalue weighted by molar-refractivity contribution is 4.58. The minimum Gasteiger partial charge on any atom is -0.393 e. The number of rotatable bonds is 12. The first-order valence-electron chi connectivity index (χ1n) is 7.49. The fourth-order valence-electron chi connectivity index (χ4n) is 2.07. The predicted molar refractivity (Wildman–Crippen MR) is 76.4 cm³/mol. The van der Waals surface area contributed by atoms with Crippen molar-refractivity contribution in [2.24, 2.45) is 0 Å². The van der Waals surface area contributed by atoms with Crippen LogP contribution in [0.1, 0.15) is 71.1 Å². The molecule has 0 rings (SSSR count). The molecule has 0 fully saturated rings. The molecule has 17 heavy (non-hydrogen) atoms. The lowest BCUT2D eigenvalue weighted by Gasteiger charge is -2.14. The molecule has 0 saturated heterocycles. The molecule has 0 aliphatic heterocycles. The quantitative estimate of drug-likeness (QED) is 0.527. The first-order valence-corrected chi connectivity index (χ1v) is 7.49. The number of hydrogen-bond donors (Lipinski definition) is 1. The number of aliphatic hydroxyl groups is 1. The Bertz CT molecular complexity index is 148. The molecule has 0 aliphatic carbocycles. The van der Waals surface area contributed by atoms with Gasteiger partial charge in [-0.05, 0) is 33.5 Å². The highest BCUT2D eigenvalue weighted by Crippen LogP contribution is 2.11. The van der Waals surface area contributed by atoms with Crippen molar-refractivity contribution in [1.82, 2.24) is 4.90 Å². The third-order valence-electron chi connectivity index (χ3n) is 3.30. The summed E-state index contributed by atoms with van der Waals surface area (Å²) in [4.78, 5) is 2.14. The Hall–Kier alpha value is -0.0800. The van der Waals surface area contributed by atoms with Gasteiger partial charge in [-0.25, -0.2) is 0 Å². The van der Waals surface area contributed by atoms with Gasteiger partial charge in [0.05, 0.1) is 6.10 Å². The molecule has 0 aromatic heterocycles. The first-order chi connectivity index (χ1) is 8.16. The van der Waals surface area contributed by atoms with Gasteiger partial charge in [0.15, 0.2) is 0 Å². The predicted octanol–water partition coefficient (Wildman–Crippen LogP) is 3.83. The van der Waals surface area contributed by atoms with Crippen LogP contribution in [-0.2, 0) is 0 Å². The van der Waals surface area contributed by atoms with E-state index in [1.165, 1.54) is 51.4 Å². The molecular formula is C15H33NO. The van der Waals surface area contributed by atoms with Gasteiger partial charge in [0.25, 0.3) is 0 Å². The molecule has 0 saturated carbocycles. The van der Waals surface area contributed by atoms with Gasteiger partial charge in [0.2, 0.25) is 0 Å². The standard InChI is InChI=1S/C15H33NO/c1-4-5-6-7-8-9-10-11-12-15(17)13-14-16(2)3/h15,17H,4-14H2,1-3H3. The van der Waals surface area contributed by atoms with Gasteiger partial charge in [-0.3, -0.25) is 0 Å². The van der Waals surface area contributed by atoms with Crippen LogP contribution in [0.2, 0.25) is 0 Å². The van der Waals surface area contributed by atoms with Crippen molar-refractivity contribution in [2.75, 3.05) is 20.6 Å². The van der Waals surface area contributed by atoms with Crippen LogP contribution in [-0.4, -0.2) is 36.8 Å². The van der Waals surface area contributed by atoms with Crippen LogP contribution in [0, 0.1) is 0 Å². The Morgan fingerprint density at radius 1 is 0.824 bits per heavy atom. The molecule has 0 aromatic carbocycles. The van der Waals surface area contributed by atoms with Crippen LogP contribution in [0.3, 0.4) is 0 Å². The lowest BCUT2D eigenvalue weighted by atomic mass is 10.0. The summed E-state index contributed by atoms with van der Waals surface area (Å²) in [6.45, 7) is 3.26. The maximum Gasteiger partial charge on any atom is 0.0552 e. The summed E-state index contributed by atoms with van der Waals surface area (Å²) in [5, 5.41) is 9.74. The molecule has 2 nitrogen and oxygen atoms in total. The second-order valence-electron chi connectivity index (χ2n) is 5.51. The lowest BCUT2D eigenvalue weighted by Crippen LogP contribution is -2.19. The third-order valence-corrected chi connectivity index (χ3v) is 3.30. The zero-order valence-corrected chi connectivity index (χ0v) is 12.2. The van der Waals surface area contributed by atoms with Crippen molar-refractivity contribution in [3.63, 3.8) is 0 Å². The largest absolute Gasteiger partial charge is 0.393 e. The van der Waals surface area contributed by atoms with Crippen molar-refractivity contribution in [2.45, 2.75) is 77.2 Å². The summed E-state index contributed by atoms with van der Waals surface area (Å²) in [7, 11) is 4.12. The average Bonchev–Trinajstić information content (AvgIpc) is 2.30. The maximum absolute atomic E-state index is 9.74. The van der Waals surface area contributed by atoms with Gasteiger partial charge in [0.1, 0.15) is 0 Å². The van der Waals surface area contributed by atoms with Crippen LogP contribution in [0.25, 0.3) is 0 Å². The topological polar surface area (TPSA) is 23.5 Å². The van der Waals surface area contributed by atoms with Gasteiger partial charge < -0.3 is 10.0 Å². The molecule has 0 radical (unpaired) electrons. The van der Waals surface area contributed by atoms with Crippen molar-refractivity contribution in [1.29, 1.82) is 0 Å². The van der Waals surface area contributed by atoms with E-state index in [0.717, 1.165) is 19.4 Å². The maximum atomic E-state index is 9.74. The molecule has 0 heterocycles. The number of nitrogens with zero attached hydrogens (tertiary/aromatic N) is 1. The molecule has 0 spiro atoms. The molecule has 0 amide bonds. The van der Waals surface area contributed by atoms with Crippen molar-refractivity contribution < 1.29 is 5.11 Å². The third kappa shape index (κ3) is 13.9. The zero-order valence-electron chi connectivity index (χ0n) is 12.2. The first kappa shape index (κ1) is 16.9. The van der Waals surface area contributed by atoms with Gasteiger partial charge >= 0.3 is 0 Å². The second kappa shape index (κ2) is 12.4. The lowest BCUT2D eigenvalue weighted by molar-refractivity contribution is 0.139. The molecule has 0 aromatic rings. The van der Waals surface area contributed by atoms with Crippen LogP contribution in [0.5, 0.6) is 0 Å². The molecule has 1 N–H and O–H groups in total. The van der Waals surface area contributed by atoms with Crippen molar-refractivity contribution in [3.05, 3.63) is 0 Å². The average molecular weight is 243 g/mol. The molecule has 0 aliphatic rings. The van der Waals surface area contributed by atoms with Crippen LogP contribution < -0.4 is 0 Å². The fourth-order valence-corrected chi connectivity index (χ4v) is 2.07. The van der Waals surface area contributed by atoms with E-state index in [9.17, 15) is 5.11 Å². The van der Waals surface area contributed by atoms with E-state index in [2.05, 4.69) is 25.9 Å². The second-order valence-corrected chi connectivity index (χ2v) is 5.51. The Kier molecular flexibility index (Phi) is 12.3. The molecule has 1 atom stereocenters. The smallest absolute Gasteiger partial charge is 0.0552 e. The van der Waals surface area contributed by atoms with E-state index in [1.807, 2.05) is 0 Å². The summed E-state index contributed by atoms with van der Waals surface area (Å²) >= 11 is 0. The molecule has 2 heteroatoms. The van der Waals surface area contributed by atoms with Gasteiger partial charge in [-0.2, -0.15) is 0 Å². The minimum absolute atomic E-state index is 0.0857. The van der Waals surface area contributed by atoms with Crippen LogP contribution >= 0.6 is 0 Å². The summed E-state index contributed by atoms with van der Waals surface area (Å²) in [6, 6.07) is 0. The van der Waals surface area contributed by atoms with Gasteiger partial charge in [-0.1, -0.05) is 58.3 Å². The molecular weight excluding hydrogens is 210 g/mol. The number of aliphatic hydroxyl groups excluding tert-OH is 1. The zero-order chi connectivity index (χ0) is 12.9. The van der Waals surface area contributed by atoms with E-state index >= 15 is 0 Å². The van der Waals surface area contributed by atoms with Crippen molar-refractivity contribution >= 4 is 0 Å². The van der Waals surface area contributed by atoms with Gasteiger partial charge in [0, 0.05) is 0 Å². The normalized spacial score (nSPS) is 13.2. The van der Waals surface area contributed by atoms with E-state index in [-0.39, 0.29) is 6.10 Å². The van der Waals surface area contributed by atoms with Crippen molar-refractivity contribution in [3.8, 4) is 0 Å². The van der Waals surface area contributed by atoms with Crippen LogP contribution in [0.15, 0.2) is 0 Å². The summed E-state index contributed by atoms with van der Waals surface area (Å²) in [5.74, 6) is 0. The van der Waals surface area contributed by atoms with E-state index in [4.69, 9.17) is 0 Å². The Morgan fingerprint density at radius 3 is 1.88 bits per heavy atom. The minimum atomic E-state index is -0.0857. The SMILES string of the molecule is CCCCCCCCCCC(O)CCN(C)C. The van der Waals surface area contributed by atoms with E-state index in [1.54, 1.807) is 0 Å². The van der Waals surface area contributed by atoms with E-state index in [0.29, 0.717) is 0 Å². The highest BCUT2D eigenvalue weighted by atomic mass is 16.3. The summed E-state index contributed by atoms with van der Waals surface area (Å²) in [5.41, 5.74) is 0. The van der Waals surface area contributed by atoms with Gasteiger partial charge in [-0.15, -0.1) is 0 Å². The fraction of sp³-hybridized carbons (Fsp3) is 1.00. The molecule has 0 bridgehead atoms. The summed E-state index contributed by atoms with van der Waals surface area (Å²) in [6.07, 6.45) is 12.6. The Morgan fingerprint density at radius 2 is 1.35 bits per heavy atom. The number of unbranched alkanes of at least 4 members (excludes halogenated alkanes) is 7. The Balaban J connectivity index is 3.11. The highest BCUT2D eigenvalue weighted by Gasteiger charge is 2.04.